The topological polar surface area (TPSA) is 104 Å². The largest absolute Gasteiger partial charge is 0.492 e. The highest BCUT2D eigenvalue weighted by Crippen LogP contribution is 2.39. The molecule has 2 aromatic rings. The summed E-state index contributed by atoms with van der Waals surface area (Å²) in [7, 11) is 0. The highest BCUT2D eigenvalue weighted by Gasteiger charge is 2.27. The molecule has 0 saturated carbocycles. The smallest absolute Gasteiger partial charge is 0.282 e. The van der Waals surface area contributed by atoms with E-state index >= 15 is 0 Å². The molecular weight excluding hydrogens is 374 g/mol. The van der Waals surface area contributed by atoms with E-state index in [-0.39, 0.29) is 5.91 Å². The molecule has 0 radical (unpaired) electrons. The molecule has 7 nitrogen and oxygen atoms in total. The SMILES string of the molecule is CC1CN(C(=O)c2nc3c(s2)CCOc2cc(/C(C=N)=C/N)ccc2-3)CCN1. The van der Waals surface area contributed by atoms with Crippen LogP contribution < -0.4 is 15.8 Å². The van der Waals surface area contributed by atoms with Gasteiger partial charge in [-0.1, -0.05) is 6.07 Å². The number of nitrogens with two attached hydrogens (primary N) is 1. The molecule has 1 fully saturated rings. The van der Waals surface area contributed by atoms with Gasteiger partial charge in [0.25, 0.3) is 5.91 Å². The van der Waals surface area contributed by atoms with Crippen molar-refractivity contribution in [2.24, 2.45) is 5.73 Å². The predicted octanol–water partition coefficient (Wildman–Crippen LogP) is 2.13. The molecule has 28 heavy (non-hydrogen) atoms. The van der Waals surface area contributed by atoms with Crippen LogP contribution in [0.5, 0.6) is 5.75 Å². The number of benzene rings is 1. The monoisotopic (exact) mass is 397 g/mol. The van der Waals surface area contributed by atoms with E-state index in [1.165, 1.54) is 23.8 Å². The fourth-order valence-corrected chi connectivity index (χ4v) is 4.60. The second kappa shape index (κ2) is 7.73. The minimum atomic E-state index is 0.00247. The van der Waals surface area contributed by atoms with E-state index in [2.05, 4.69) is 12.2 Å². The lowest BCUT2D eigenvalue weighted by Crippen LogP contribution is -2.51. The summed E-state index contributed by atoms with van der Waals surface area (Å²) < 4.78 is 5.92. The number of carbonyl (C=O) groups excluding carboxylic acids is 1. The number of hydrogen-bond acceptors (Lipinski definition) is 7. The van der Waals surface area contributed by atoms with Crippen molar-refractivity contribution in [2.75, 3.05) is 26.2 Å². The van der Waals surface area contributed by atoms with Crippen LogP contribution in [0.1, 0.15) is 27.2 Å². The zero-order valence-corrected chi connectivity index (χ0v) is 16.5. The molecule has 1 aromatic carbocycles. The number of amides is 1. The van der Waals surface area contributed by atoms with E-state index in [9.17, 15) is 4.79 Å². The number of nitrogens with zero attached hydrogens (tertiary/aromatic N) is 2. The van der Waals surface area contributed by atoms with E-state index in [1.807, 2.05) is 23.1 Å². The van der Waals surface area contributed by atoms with Gasteiger partial charge in [0, 0.05) is 60.5 Å². The van der Waals surface area contributed by atoms with Crippen LogP contribution in [0.25, 0.3) is 16.8 Å². The Balaban J connectivity index is 1.68. The molecular formula is C20H23N5O2S. The highest BCUT2D eigenvalue weighted by atomic mass is 32.1. The van der Waals surface area contributed by atoms with Gasteiger partial charge in [-0.05, 0) is 24.6 Å². The Kier molecular flexibility index (Phi) is 5.15. The summed E-state index contributed by atoms with van der Waals surface area (Å²) in [5.74, 6) is 0.709. The van der Waals surface area contributed by atoms with Crippen LogP contribution >= 0.6 is 11.3 Å². The van der Waals surface area contributed by atoms with Crippen LogP contribution in [0.15, 0.2) is 24.4 Å². The lowest BCUT2D eigenvalue weighted by atomic mass is 10.0. The van der Waals surface area contributed by atoms with E-state index in [4.69, 9.17) is 20.9 Å². The predicted molar refractivity (Wildman–Crippen MR) is 111 cm³/mol. The number of fused-ring (bicyclic) bond motifs is 3. The quantitative estimate of drug-likeness (QED) is 0.688. The number of thiazole rings is 1. The summed E-state index contributed by atoms with van der Waals surface area (Å²) in [6.45, 7) is 4.82. The van der Waals surface area contributed by atoms with Crippen molar-refractivity contribution in [3.63, 3.8) is 0 Å². The van der Waals surface area contributed by atoms with Crippen LogP contribution in [-0.2, 0) is 6.42 Å². The Labute approximate surface area is 167 Å². The van der Waals surface area contributed by atoms with Gasteiger partial charge in [-0.25, -0.2) is 4.98 Å². The fraction of sp³-hybridized carbons (Fsp3) is 0.350. The van der Waals surface area contributed by atoms with Crippen LogP contribution in [0, 0.1) is 5.41 Å². The van der Waals surface area contributed by atoms with Crippen LogP contribution in [-0.4, -0.2) is 54.3 Å². The van der Waals surface area contributed by atoms with Gasteiger partial charge in [0.1, 0.15) is 5.75 Å². The summed E-state index contributed by atoms with van der Waals surface area (Å²) in [5, 5.41) is 11.4. The number of nitrogens with one attached hydrogen (secondary N) is 2. The maximum absolute atomic E-state index is 13.0. The molecule has 1 unspecified atom stereocenters. The van der Waals surface area contributed by atoms with Gasteiger partial charge < -0.3 is 26.1 Å². The van der Waals surface area contributed by atoms with Crippen molar-refractivity contribution in [1.82, 2.24) is 15.2 Å². The van der Waals surface area contributed by atoms with Gasteiger partial charge >= 0.3 is 0 Å². The Morgan fingerprint density at radius 1 is 1.50 bits per heavy atom. The highest BCUT2D eigenvalue weighted by molar-refractivity contribution is 7.14. The molecule has 1 aromatic heterocycles. The van der Waals surface area contributed by atoms with Gasteiger partial charge in [0.2, 0.25) is 0 Å². The van der Waals surface area contributed by atoms with Crippen molar-refractivity contribution < 1.29 is 9.53 Å². The lowest BCUT2D eigenvalue weighted by molar-refractivity contribution is 0.0709. The molecule has 1 atom stereocenters. The Bertz CT molecular complexity index is 952. The summed E-state index contributed by atoms with van der Waals surface area (Å²) >= 11 is 1.46. The zero-order chi connectivity index (χ0) is 19.7. The zero-order valence-electron chi connectivity index (χ0n) is 15.7. The molecule has 1 saturated heterocycles. The van der Waals surface area contributed by atoms with Crippen LogP contribution in [0.4, 0.5) is 0 Å². The van der Waals surface area contributed by atoms with Crippen molar-refractivity contribution in [3.8, 4) is 17.0 Å². The number of carbonyl (C=O) groups is 1. The van der Waals surface area contributed by atoms with Crippen LogP contribution in [0.2, 0.25) is 0 Å². The minimum Gasteiger partial charge on any atom is -0.492 e. The molecule has 0 aliphatic carbocycles. The molecule has 1 amide bonds. The molecule has 4 rings (SSSR count). The third kappa shape index (κ3) is 3.41. The number of hydrogen-bond donors (Lipinski definition) is 3. The fourth-order valence-electron chi connectivity index (χ4n) is 3.57. The van der Waals surface area contributed by atoms with Gasteiger partial charge in [0.15, 0.2) is 5.01 Å². The Morgan fingerprint density at radius 3 is 3.11 bits per heavy atom. The number of ether oxygens (including phenoxy) is 1. The first-order valence-electron chi connectivity index (χ1n) is 9.33. The third-order valence-electron chi connectivity index (χ3n) is 5.03. The summed E-state index contributed by atoms with van der Waals surface area (Å²) in [5.41, 5.74) is 8.75. The number of rotatable bonds is 3. The molecule has 3 heterocycles. The number of aromatic nitrogens is 1. The molecule has 146 valence electrons. The molecule has 2 aliphatic heterocycles. The minimum absolute atomic E-state index is 0.00247. The van der Waals surface area contributed by atoms with Crippen molar-refractivity contribution >= 4 is 29.0 Å². The molecule has 8 heteroatoms. The maximum atomic E-state index is 13.0. The summed E-state index contributed by atoms with van der Waals surface area (Å²) in [4.78, 5) is 20.6. The second-order valence-corrected chi connectivity index (χ2v) is 8.06. The normalized spacial score (nSPS) is 19.2. The Morgan fingerprint density at radius 2 is 2.36 bits per heavy atom. The van der Waals surface area contributed by atoms with Gasteiger partial charge in [-0.15, -0.1) is 11.3 Å². The first kappa shape index (κ1) is 18.6. The molecule has 0 bridgehead atoms. The number of piperazine rings is 1. The van der Waals surface area contributed by atoms with Gasteiger partial charge in [-0.3, -0.25) is 4.79 Å². The first-order valence-corrected chi connectivity index (χ1v) is 10.1. The average molecular weight is 398 g/mol. The lowest BCUT2D eigenvalue weighted by Gasteiger charge is -2.31. The van der Waals surface area contributed by atoms with Crippen LogP contribution in [0.3, 0.4) is 0 Å². The van der Waals surface area contributed by atoms with Crippen molar-refractivity contribution in [3.05, 3.63) is 39.8 Å². The molecule has 0 spiro atoms. The van der Waals surface area contributed by atoms with Gasteiger partial charge in [0.05, 0.1) is 12.3 Å². The van der Waals surface area contributed by atoms with Gasteiger partial charge in [-0.2, -0.15) is 0 Å². The maximum Gasteiger partial charge on any atom is 0.282 e. The summed E-state index contributed by atoms with van der Waals surface area (Å²) in [6.07, 6.45) is 3.34. The van der Waals surface area contributed by atoms with E-state index < -0.39 is 0 Å². The Hall–Kier alpha value is -2.71. The molecule has 2 aliphatic rings. The standard InChI is InChI=1S/C20H23N5O2S/c1-12-11-25(6-5-23-12)20(26)19-24-18-15-3-2-13(14(9-21)10-22)8-16(15)27-7-4-17(18)28-19/h2-3,8-10,12,21,23H,4-7,11,22H2,1H3/b14-10+,21-9?. The van der Waals surface area contributed by atoms with E-state index in [0.29, 0.717) is 48.5 Å². The van der Waals surface area contributed by atoms with Crippen molar-refractivity contribution in [1.29, 1.82) is 5.41 Å². The molecule has 4 N–H and O–H groups in total. The van der Waals surface area contributed by atoms with Crippen molar-refractivity contribution in [2.45, 2.75) is 19.4 Å². The van der Waals surface area contributed by atoms with E-state index in [1.54, 1.807) is 0 Å². The average Bonchev–Trinajstić information content (AvgIpc) is 3.05. The third-order valence-corrected chi connectivity index (χ3v) is 6.13. The number of allylic oxidation sites excluding steroid dienone is 1. The van der Waals surface area contributed by atoms with E-state index in [0.717, 1.165) is 28.2 Å². The first-order chi connectivity index (χ1) is 13.6. The second-order valence-electron chi connectivity index (χ2n) is 6.97. The summed E-state index contributed by atoms with van der Waals surface area (Å²) in [6, 6.07) is 6.01.